The van der Waals surface area contributed by atoms with E-state index in [2.05, 4.69) is 28.5 Å². The third kappa shape index (κ3) is 4.96. The zero-order valence-electron chi connectivity index (χ0n) is 12.1. The number of hydrogen-bond acceptors (Lipinski definition) is 3. The van der Waals surface area contributed by atoms with Crippen LogP contribution in [0.5, 0.6) is 0 Å². The van der Waals surface area contributed by atoms with Gasteiger partial charge in [-0.05, 0) is 39.0 Å². The third-order valence-corrected chi connectivity index (χ3v) is 4.14. The molecule has 1 saturated heterocycles. The molecule has 1 amide bonds. The van der Waals surface area contributed by atoms with Crippen molar-refractivity contribution in [3.05, 3.63) is 11.6 Å². The second-order valence-electron chi connectivity index (χ2n) is 5.73. The maximum Gasteiger partial charge on any atom is 0.234 e. The molecule has 0 saturated carbocycles. The van der Waals surface area contributed by atoms with Crippen LogP contribution in [0.15, 0.2) is 11.6 Å². The molecule has 2 N–H and O–H groups in total. The SMILES string of the molecule is C[C@@H]1CNCCN1CC(=O)NCCC1=CCCCC1. The van der Waals surface area contributed by atoms with Crippen LogP contribution in [-0.2, 0) is 4.79 Å². The van der Waals surface area contributed by atoms with Gasteiger partial charge in [0.05, 0.1) is 6.54 Å². The van der Waals surface area contributed by atoms with Crippen LogP contribution in [-0.4, -0.2) is 49.6 Å². The lowest BCUT2D eigenvalue weighted by Gasteiger charge is -2.33. The molecule has 0 unspecified atom stereocenters. The molecule has 2 aliphatic rings. The van der Waals surface area contributed by atoms with Gasteiger partial charge in [0, 0.05) is 32.2 Å². The van der Waals surface area contributed by atoms with Crippen LogP contribution in [0.2, 0.25) is 0 Å². The monoisotopic (exact) mass is 265 g/mol. The van der Waals surface area contributed by atoms with Gasteiger partial charge in [-0.25, -0.2) is 0 Å². The number of carbonyl (C=O) groups is 1. The van der Waals surface area contributed by atoms with Gasteiger partial charge in [-0.2, -0.15) is 0 Å². The highest BCUT2D eigenvalue weighted by molar-refractivity contribution is 5.78. The maximum atomic E-state index is 11.9. The lowest BCUT2D eigenvalue weighted by atomic mass is 9.97. The second-order valence-corrected chi connectivity index (χ2v) is 5.73. The summed E-state index contributed by atoms with van der Waals surface area (Å²) in [6.45, 7) is 6.46. The first-order valence-electron chi connectivity index (χ1n) is 7.65. The van der Waals surface area contributed by atoms with Gasteiger partial charge in [0.25, 0.3) is 0 Å². The Morgan fingerprint density at radius 1 is 1.53 bits per heavy atom. The van der Waals surface area contributed by atoms with Crippen molar-refractivity contribution < 1.29 is 4.79 Å². The minimum Gasteiger partial charge on any atom is -0.355 e. The Balaban J connectivity index is 1.62. The van der Waals surface area contributed by atoms with Crippen molar-refractivity contribution in [3.8, 4) is 0 Å². The van der Waals surface area contributed by atoms with E-state index in [9.17, 15) is 4.79 Å². The summed E-state index contributed by atoms with van der Waals surface area (Å²) < 4.78 is 0. The molecule has 1 atom stereocenters. The van der Waals surface area contributed by atoms with Crippen molar-refractivity contribution in [1.82, 2.24) is 15.5 Å². The van der Waals surface area contributed by atoms with Crippen LogP contribution >= 0.6 is 0 Å². The molecular weight excluding hydrogens is 238 g/mol. The number of carbonyl (C=O) groups excluding carboxylic acids is 1. The van der Waals surface area contributed by atoms with E-state index in [-0.39, 0.29) is 5.91 Å². The molecule has 0 radical (unpaired) electrons. The Labute approximate surface area is 116 Å². The fourth-order valence-corrected chi connectivity index (χ4v) is 2.85. The quantitative estimate of drug-likeness (QED) is 0.736. The van der Waals surface area contributed by atoms with Crippen LogP contribution in [0.4, 0.5) is 0 Å². The van der Waals surface area contributed by atoms with Crippen molar-refractivity contribution in [2.45, 2.75) is 45.1 Å². The largest absolute Gasteiger partial charge is 0.355 e. The molecule has 0 aromatic carbocycles. The summed E-state index contributed by atoms with van der Waals surface area (Å²) in [5.41, 5.74) is 1.53. The highest BCUT2D eigenvalue weighted by Gasteiger charge is 2.19. The zero-order chi connectivity index (χ0) is 13.5. The first-order chi connectivity index (χ1) is 9.25. The summed E-state index contributed by atoms with van der Waals surface area (Å²) in [5, 5.41) is 6.40. The first kappa shape index (κ1) is 14.5. The van der Waals surface area contributed by atoms with Gasteiger partial charge in [-0.3, -0.25) is 9.69 Å². The molecule has 1 aliphatic carbocycles. The molecule has 4 heteroatoms. The molecule has 0 aromatic rings. The lowest BCUT2D eigenvalue weighted by molar-refractivity contribution is -0.122. The van der Waals surface area contributed by atoms with Crippen molar-refractivity contribution in [2.75, 3.05) is 32.7 Å². The number of nitrogens with zero attached hydrogens (tertiary/aromatic N) is 1. The summed E-state index contributed by atoms with van der Waals surface area (Å²) in [7, 11) is 0. The average Bonchev–Trinajstić information content (AvgIpc) is 2.43. The van der Waals surface area contributed by atoms with Crippen molar-refractivity contribution in [1.29, 1.82) is 0 Å². The summed E-state index contributed by atoms with van der Waals surface area (Å²) in [6, 6.07) is 0.459. The van der Waals surface area contributed by atoms with E-state index in [1.165, 1.54) is 31.3 Å². The Morgan fingerprint density at radius 2 is 2.42 bits per heavy atom. The van der Waals surface area contributed by atoms with Gasteiger partial charge in [-0.15, -0.1) is 0 Å². The highest BCUT2D eigenvalue weighted by atomic mass is 16.2. The molecule has 1 aliphatic heterocycles. The number of nitrogens with one attached hydrogen (secondary N) is 2. The molecule has 0 spiro atoms. The summed E-state index contributed by atoms with van der Waals surface area (Å²) >= 11 is 0. The van der Waals surface area contributed by atoms with Gasteiger partial charge in [0.2, 0.25) is 5.91 Å². The molecule has 19 heavy (non-hydrogen) atoms. The van der Waals surface area contributed by atoms with E-state index in [0.29, 0.717) is 12.6 Å². The standard InChI is InChI=1S/C15H27N3O/c1-13-11-16-9-10-18(13)12-15(19)17-8-7-14-5-3-2-4-6-14/h5,13,16H,2-4,6-12H2,1H3,(H,17,19)/t13-/m1/s1. The zero-order valence-corrected chi connectivity index (χ0v) is 12.1. The van der Waals surface area contributed by atoms with Crippen LogP contribution in [0, 0.1) is 0 Å². The normalized spacial score (nSPS) is 24.9. The Hall–Kier alpha value is -0.870. The number of allylic oxidation sites excluding steroid dienone is 1. The maximum absolute atomic E-state index is 11.9. The smallest absolute Gasteiger partial charge is 0.234 e. The minimum absolute atomic E-state index is 0.171. The van der Waals surface area contributed by atoms with Gasteiger partial charge >= 0.3 is 0 Å². The number of piperazine rings is 1. The molecule has 4 nitrogen and oxygen atoms in total. The molecule has 0 aromatic heterocycles. The second kappa shape index (κ2) is 7.65. The van der Waals surface area contributed by atoms with E-state index < -0.39 is 0 Å². The molecule has 2 rings (SSSR count). The Morgan fingerprint density at radius 3 is 3.16 bits per heavy atom. The van der Waals surface area contributed by atoms with Crippen molar-refractivity contribution >= 4 is 5.91 Å². The number of amides is 1. The van der Waals surface area contributed by atoms with E-state index in [0.717, 1.165) is 32.6 Å². The first-order valence-corrected chi connectivity index (χ1v) is 7.65. The van der Waals surface area contributed by atoms with E-state index in [1.54, 1.807) is 0 Å². The minimum atomic E-state index is 0.171. The Kier molecular flexibility index (Phi) is 5.86. The van der Waals surface area contributed by atoms with E-state index >= 15 is 0 Å². The summed E-state index contributed by atoms with van der Waals surface area (Å²) in [6.07, 6.45) is 8.48. The Bertz CT molecular complexity index is 327. The predicted molar refractivity (Wildman–Crippen MR) is 78.1 cm³/mol. The van der Waals surface area contributed by atoms with Crippen molar-refractivity contribution in [3.63, 3.8) is 0 Å². The molecule has 1 fully saturated rings. The highest BCUT2D eigenvalue weighted by Crippen LogP contribution is 2.19. The van der Waals surface area contributed by atoms with Crippen LogP contribution in [0.1, 0.15) is 39.0 Å². The van der Waals surface area contributed by atoms with Crippen molar-refractivity contribution in [2.24, 2.45) is 0 Å². The van der Waals surface area contributed by atoms with Gasteiger partial charge in [0.15, 0.2) is 0 Å². The topological polar surface area (TPSA) is 44.4 Å². The number of rotatable bonds is 5. The average molecular weight is 265 g/mol. The van der Waals surface area contributed by atoms with Gasteiger partial charge < -0.3 is 10.6 Å². The van der Waals surface area contributed by atoms with Crippen LogP contribution < -0.4 is 10.6 Å². The summed E-state index contributed by atoms with van der Waals surface area (Å²) in [4.78, 5) is 14.2. The predicted octanol–water partition coefficient (Wildman–Crippen LogP) is 1.29. The van der Waals surface area contributed by atoms with E-state index in [4.69, 9.17) is 0 Å². The fraction of sp³-hybridized carbons (Fsp3) is 0.800. The molecule has 1 heterocycles. The lowest BCUT2D eigenvalue weighted by Crippen LogP contribution is -2.52. The van der Waals surface area contributed by atoms with Crippen LogP contribution in [0.25, 0.3) is 0 Å². The third-order valence-electron chi connectivity index (χ3n) is 4.14. The molecule has 0 bridgehead atoms. The van der Waals surface area contributed by atoms with E-state index in [1.807, 2.05) is 0 Å². The molecule has 108 valence electrons. The van der Waals surface area contributed by atoms with Crippen LogP contribution in [0.3, 0.4) is 0 Å². The fourth-order valence-electron chi connectivity index (χ4n) is 2.85. The number of hydrogen-bond donors (Lipinski definition) is 2. The van der Waals surface area contributed by atoms with Gasteiger partial charge in [-0.1, -0.05) is 11.6 Å². The molecular formula is C15H27N3O. The van der Waals surface area contributed by atoms with Gasteiger partial charge in [0.1, 0.15) is 0 Å². The summed E-state index contributed by atoms with van der Waals surface area (Å²) in [5.74, 6) is 0.171.